The first-order valence-electron chi connectivity index (χ1n) is 11.9. The second-order valence-corrected chi connectivity index (χ2v) is 9.43. The molecule has 0 unspecified atom stereocenters. The number of rotatable bonds is 5. The molecule has 0 atom stereocenters. The second kappa shape index (κ2) is 9.40. The number of fused-ring (bicyclic) bond motifs is 1. The average Bonchev–Trinajstić information content (AvgIpc) is 3.18. The smallest absolute Gasteiger partial charge is 0.140 e. The molecule has 1 fully saturated rings. The predicted octanol–water partition coefficient (Wildman–Crippen LogP) is 6.22. The van der Waals surface area contributed by atoms with Crippen molar-refractivity contribution >= 4 is 22.2 Å². The Balaban J connectivity index is 1.95. The van der Waals surface area contributed by atoms with Gasteiger partial charge in [-0.05, 0) is 70.2 Å². The van der Waals surface area contributed by atoms with E-state index >= 15 is 0 Å². The van der Waals surface area contributed by atoms with Gasteiger partial charge in [-0.2, -0.15) is 0 Å². The number of nitrogens with zero attached hydrogens (tertiary/aromatic N) is 2. The van der Waals surface area contributed by atoms with E-state index in [1.165, 1.54) is 39.1 Å². The zero-order valence-electron chi connectivity index (χ0n) is 20.6. The van der Waals surface area contributed by atoms with Gasteiger partial charge in [0.2, 0.25) is 0 Å². The van der Waals surface area contributed by atoms with Crippen LogP contribution in [-0.4, -0.2) is 34.0 Å². The van der Waals surface area contributed by atoms with Crippen LogP contribution in [0.1, 0.15) is 53.4 Å². The second-order valence-electron chi connectivity index (χ2n) is 9.43. The summed E-state index contributed by atoms with van der Waals surface area (Å²) in [5.74, 6) is 0.863. The van der Waals surface area contributed by atoms with Gasteiger partial charge < -0.3 is 15.6 Å². The molecule has 0 saturated carbocycles. The number of H-pyrrole nitrogens is 1. The van der Waals surface area contributed by atoms with Crippen molar-refractivity contribution in [2.24, 2.45) is 5.73 Å². The van der Waals surface area contributed by atoms with E-state index in [1.54, 1.807) is 0 Å². The van der Waals surface area contributed by atoms with Gasteiger partial charge in [-0.1, -0.05) is 54.1 Å². The van der Waals surface area contributed by atoms with Crippen LogP contribution in [-0.2, 0) is 0 Å². The monoisotopic (exact) mass is 440 g/mol. The molecule has 0 aliphatic carbocycles. The van der Waals surface area contributed by atoms with Crippen LogP contribution in [0.3, 0.4) is 0 Å². The Bertz CT molecular complexity index is 1230. The number of hydrogen-bond donors (Lipinski definition) is 2. The quantitative estimate of drug-likeness (QED) is 0.463. The molecule has 4 rings (SSSR count). The maximum absolute atomic E-state index is 6.26. The minimum Gasteiger partial charge on any atom is -0.370 e. The minimum atomic E-state index is 0.266. The van der Waals surface area contributed by atoms with Gasteiger partial charge >= 0.3 is 0 Å². The maximum atomic E-state index is 6.26. The van der Waals surface area contributed by atoms with Crippen molar-refractivity contribution in [3.8, 4) is 0 Å². The number of aryl methyl sites for hydroxylation is 4. The highest BCUT2D eigenvalue weighted by molar-refractivity contribution is 5.93. The molecule has 33 heavy (non-hydrogen) atoms. The summed E-state index contributed by atoms with van der Waals surface area (Å²) >= 11 is 0. The Hall–Kier alpha value is -3.11. The van der Waals surface area contributed by atoms with Crippen molar-refractivity contribution < 1.29 is 0 Å². The molecule has 172 valence electrons. The summed E-state index contributed by atoms with van der Waals surface area (Å²) in [6, 6.07) is 11.4. The highest BCUT2D eigenvalue weighted by Gasteiger charge is 2.25. The van der Waals surface area contributed by atoms with Crippen LogP contribution in [0.2, 0.25) is 0 Å². The van der Waals surface area contributed by atoms with Crippen molar-refractivity contribution in [3.63, 3.8) is 0 Å². The maximum Gasteiger partial charge on any atom is 0.140 e. The van der Waals surface area contributed by atoms with Crippen molar-refractivity contribution in [3.05, 3.63) is 88.4 Å². The molecule has 3 N–H and O–H groups in total. The lowest BCUT2D eigenvalue weighted by Gasteiger charge is -2.36. The Morgan fingerprint density at radius 2 is 1.67 bits per heavy atom. The number of nitrogens with one attached hydrogen (secondary N) is 1. The van der Waals surface area contributed by atoms with E-state index in [0.29, 0.717) is 0 Å². The molecule has 1 aromatic heterocycles. The summed E-state index contributed by atoms with van der Waals surface area (Å²) in [7, 11) is 0. The number of likely N-dealkylation sites (tertiary alicyclic amines) is 1. The molecule has 2 aromatic carbocycles. The van der Waals surface area contributed by atoms with Crippen molar-refractivity contribution in [1.29, 1.82) is 0 Å². The Morgan fingerprint density at radius 1 is 1.03 bits per heavy atom. The van der Waals surface area contributed by atoms with Gasteiger partial charge in [-0.3, -0.25) is 0 Å². The Kier molecular flexibility index (Phi) is 6.57. The van der Waals surface area contributed by atoms with Crippen molar-refractivity contribution in [2.75, 3.05) is 13.1 Å². The number of piperidine rings is 1. The molecular formula is C29H36N4. The fraction of sp³-hybridized carbons (Fsp3) is 0.345. The number of nitrogens with two attached hydrogens (primary N) is 1. The van der Waals surface area contributed by atoms with Gasteiger partial charge in [-0.25, -0.2) is 4.98 Å². The zero-order valence-corrected chi connectivity index (χ0v) is 20.6. The molecule has 4 nitrogen and oxygen atoms in total. The Morgan fingerprint density at radius 3 is 2.27 bits per heavy atom. The van der Waals surface area contributed by atoms with E-state index in [9.17, 15) is 0 Å². The zero-order chi connectivity index (χ0) is 23.7. The summed E-state index contributed by atoms with van der Waals surface area (Å²) in [4.78, 5) is 11.1. The number of allylic oxidation sites excluding steroid dienone is 4. The first-order chi connectivity index (χ1) is 15.8. The molecule has 1 aliphatic heterocycles. The fourth-order valence-electron chi connectivity index (χ4n) is 5.08. The SMILES string of the molecule is C=C/C(=C(\C(=C/C)c1cc(C)cc(C)c1)N1CCC(N)CC1)c1nc2c(C)cc(C)cc2[nH]1. The van der Waals surface area contributed by atoms with E-state index in [-0.39, 0.29) is 6.04 Å². The Labute approximate surface area is 197 Å². The van der Waals surface area contributed by atoms with Gasteiger partial charge in [0.15, 0.2) is 0 Å². The first kappa shape index (κ1) is 23.1. The molecule has 2 heterocycles. The lowest BCUT2D eigenvalue weighted by Crippen LogP contribution is -2.39. The molecule has 1 aliphatic rings. The normalized spacial score (nSPS) is 16.3. The third-order valence-electron chi connectivity index (χ3n) is 6.57. The third kappa shape index (κ3) is 4.67. The average molecular weight is 441 g/mol. The molecule has 0 bridgehead atoms. The van der Waals surface area contributed by atoms with E-state index in [4.69, 9.17) is 10.7 Å². The lowest BCUT2D eigenvalue weighted by atomic mass is 9.93. The van der Waals surface area contributed by atoms with E-state index < -0.39 is 0 Å². The largest absolute Gasteiger partial charge is 0.370 e. The predicted molar refractivity (Wildman–Crippen MR) is 141 cm³/mol. The van der Waals surface area contributed by atoms with Gasteiger partial charge in [0.25, 0.3) is 0 Å². The fourth-order valence-corrected chi connectivity index (χ4v) is 5.08. The third-order valence-corrected chi connectivity index (χ3v) is 6.57. The van der Waals surface area contributed by atoms with Gasteiger partial charge in [0.05, 0.1) is 16.7 Å². The molecule has 0 amide bonds. The number of benzene rings is 2. The molecule has 1 saturated heterocycles. The number of hydrogen-bond acceptors (Lipinski definition) is 3. The van der Waals surface area contributed by atoms with E-state index in [1.807, 2.05) is 6.08 Å². The van der Waals surface area contributed by atoms with E-state index in [2.05, 4.69) is 87.5 Å². The summed E-state index contributed by atoms with van der Waals surface area (Å²) < 4.78 is 0. The first-order valence-corrected chi connectivity index (χ1v) is 11.9. The highest BCUT2D eigenvalue weighted by Crippen LogP contribution is 2.36. The van der Waals surface area contributed by atoms with Crippen LogP contribution >= 0.6 is 0 Å². The molecule has 4 heteroatoms. The molecule has 0 spiro atoms. The van der Waals surface area contributed by atoms with Crippen molar-refractivity contribution in [1.82, 2.24) is 14.9 Å². The van der Waals surface area contributed by atoms with Crippen LogP contribution < -0.4 is 5.73 Å². The number of aromatic amines is 1. The number of aromatic nitrogens is 2. The summed E-state index contributed by atoms with van der Waals surface area (Å²) in [6.07, 6.45) is 6.14. The number of imidazole rings is 1. The van der Waals surface area contributed by atoms with E-state index in [0.717, 1.165) is 48.4 Å². The van der Waals surface area contributed by atoms with Crippen LogP contribution in [0.5, 0.6) is 0 Å². The van der Waals surface area contributed by atoms with Crippen molar-refractivity contribution in [2.45, 2.75) is 53.5 Å². The molecule has 3 aromatic rings. The summed E-state index contributed by atoms with van der Waals surface area (Å²) in [5, 5.41) is 0. The van der Waals surface area contributed by atoms with Gasteiger partial charge in [0, 0.05) is 30.3 Å². The van der Waals surface area contributed by atoms with Gasteiger partial charge in [0.1, 0.15) is 5.82 Å². The standard InChI is InChI=1S/C29H36N4/c1-7-24(22-15-18(3)13-19(4)16-22)28(33-11-9-23(30)10-12-33)25(8-2)29-31-26-17-20(5)14-21(6)27(26)32-29/h7-8,13-17,23H,2,9-12,30H2,1,3-6H3,(H,31,32)/b24-7-,28-25-. The topological polar surface area (TPSA) is 57.9 Å². The molecular weight excluding hydrogens is 404 g/mol. The summed E-state index contributed by atoms with van der Waals surface area (Å²) in [5.41, 5.74) is 17.9. The minimum absolute atomic E-state index is 0.266. The highest BCUT2D eigenvalue weighted by atomic mass is 15.2. The van der Waals surface area contributed by atoms with Crippen LogP contribution in [0.4, 0.5) is 0 Å². The van der Waals surface area contributed by atoms with Crippen LogP contribution in [0.15, 0.2) is 54.8 Å². The van der Waals surface area contributed by atoms with Gasteiger partial charge in [-0.15, -0.1) is 0 Å². The summed E-state index contributed by atoms with van der Waals surface area (Å²) in [6.45, 7) is 16.8. The van der Waals surface area contributed by atoms with Crippen LogP contribution in [0, 0.1) is 27.7 Å². The van der Waals surface area contributed by atoms with Crippen LogP contribution in [0.25, 0.3) is 22.2 Å². The molecule has 0 radical (unpaired) electrons. The lowest BCUT2D eigenvalue weighted by molar-refractivity contribution is 0.273.